The third-order valence-electron chi connectivity index (χ3n) is 5.12. The van der Waals surface area contributed by atoms with Crippen LogP contribution in [0.1, 0.15) is 0 Å². The molecule has 0 unspecified atom stereocenters. The summed E-state index contributed by atoms with van der Waals surface area (Å²) in [6.07, 6.45) is 2.69. The first-order valence-corrected chi connectivity index (χ1v) is 11.2. The van der Waals surface area contributed by atoms with Gasteiger partial charge in [0.15, 0.2) is 0 Å². The molecule has 1 aliphatic heterocycles. The van der Waals surface area contributed by atoms with Gasteiger partial charge in [-0.3, -0.25) is 0 Å². The van der Waals surface area contributed by atoms with Crippen LogP contribution in [-0.4, -0.2) is 55.1 Å². The van der Waals surface area contributed by atoms with Crippen LogP contribution in [0.4, 0.5) is 8.78 Å². The van der Waals surface area contributed by atoms with Crippen LogP contribution in [0.2, 0.25) is 0 Å². The van der Waals surface area contributed by atoms with Gasteiger partial charge >= 0.3 is 0 Å². The van der Waals surface area contributed by atoms with Crippen molar-refractivity contribution in [1.82, 2.24) is 13.9 Å². The molecule has 0 aliphatic carbocycles. The van der Waals surface area contributed by atoms with E-state index in [4.69, 9.17) is 10.5 Å². The van der Waals surface area contributed by atoms with Gasteiger partial charge in [0, 0.05) is 25.2 Å². The van der Waals surface area contributed by atoms with Crippen molar-refractivity contribution >= 4 is 21.1 Å². The molecule has 0 spiro atoms. The SMILES string of the molecule is NC/C=C(\F)Cn1cnc2c(-c3ccc(S(=O)(=O)N4CCOCC4)cc3)cc(F)cc21. The Hall–Kier alpha value is -2.66. The molecule has 31 heavy (non-hydrogen) atoms. The summed E-state index contributed by atoms with van der Waals surface area (Å²) in [5.74, 6) is -0.942. The van der Waals surface area contributed by atoms with Crippen LogP contribution in [0.25, 0.3) is 22.2 Å². The van der Waals surface area contributed by atoms with Gasteiger partial charge in [0.25, 0.3) is 0 Å². The number of fused-ring (bicyclic) bond motifs is 1. The second kappa shape index (κ2) is 8.83. The van der Waals surface area contributed by atoms with Gasteiger partial charge in [-0.2, -0.15) is 4.31 Å². The van der Waals surface area contributed by atoms with Crippen LogP contribution in [0.15, 0.2) is 59.5 Å². The van der Waals surface area contributed by atoms with Crippen molar-refractivity contribution in [3.8, 4) is 11.1 Å². The Kier molecular flexibility index (Phi) is 6.15. The third-order valence-corrected chi connectivity index (χ3v) is 7.04. The van der Waals surface area contributed by atoms with Gasteiger partial charge in [-0.15, -0.1) is 0 Å². The standard InChI is InChI=1S/C21H22F2N4O3S/c22-16(5-6-24)13-26-14-25-21-19(11-17(23)12-20(21)26)15-1-3-18(4-2-15)31(28,29)27-7-9-30-10-8-27/h1-5,11-12,14H,6-10,13,24H2/b16-5-. The molecule has 3 aromatic rings. The summed E-state index contributed by atoms with van der Waals surface area (Å²) < 4.78 is 62.0. The fourth-order valence-corrected chi connectivity index (χ4v) is 4.98. The molecule has 2 heterocycles. The quantitative estimate of drug-likeness (QED) is 0.626. The lowest BCUT2D eigenvalue weighted by molar-refractivity contribution is 0.0730. The molecule has 0 bridgehead atoms. The van der Waals surface area contributed by atoms with Gasteiger partial charge in [-0.1, -0.05) is 12.1 Å². The zero-order chi connectivity index (χ0) is 22.0. The molecule has 0 atom stereocenters. The van der Waals surface area contributed by atoms with Crippen molar-refractivity contribution in [2.45, 2.75) is 11.4 Å². The minimum Gasteiger partial charge on any atom is -0.379 e. The smallest absolute Gasteiger partial charge is 0.243 e. The number of ether oxygens (including phenoxy) is 1. The minimum atomic E-state index is -3.63. The molecular weight excluding hydrogens is 426 g/mol. The van der Waals surface area contributed by atoms with Gasteiger partial charge in [-0.25, -0.2) is 22.2 Å². The number of halogens is 2. The molecule has 0 amide bonds. The molecule has 0 radical (unpaired) electrons. The van der Waals surface area contributed by atoms with Gasteiger partial charge < -0.3 is 15.0 Å². The van der Waals surface area contributed by atoms with E-state index in [1.165, 1.54) is 45.5 Å². The van der Waals surface area contributed by atoms with E-state index in [9.17, 15) is 17.2 Å². The van der Waals surface area contributed by atoms with Crippen LogP contribution in [0, 0.1) is 5.82 Å². The van der Waals surface area contributed by atoms with Crippen LogP contribution in [0.5, 0.6) is 0 Å². The number of imidazole rings is 1. The van der Waals surface area contributed by atoms with E-state index < -0.39 is 21.7 Å². The summed E-state index contributed by atoms with van der Waals surface area (Å²) in [4.78, 5) is 4.48. The molecule has 2 aromatic carbocycles. The predicted octanol–water partition coefficient (Wildman–Crippen LogP) is 2.68. The molecule has 7 nitrogen and oxygen atoms in total. The van der Waals surface area contributed by atoms with Crippen LogP contribution in [0.3, 0.4) is 0 Å². The van der Waals surface area contributed by atoms with Crippen molar-refractivity contribution in [2.24, 2.45) is 5.73 Å². The fraction of sp³-hybridized carbons (Fsp3) is 0.286. The molecule has 0 saturated carbocycles. The summed E-state index contributed by atoms with van der Waals surface area (Å²) >= 11 is 0. The number of sulfonamides is 1. The number of benzene rings is 2. The second-order valence-corrected chi connectivity index (χ2v) is 9.06. The maximum absolute atomic E-state index is 14.4. The lowest BCUT2D eigenvalue weighted by Gasteiger charge is -2.26. The zero-order valence-electron chi connectivity index (χ0n) is 16.7. The second-order valence-electron chi connectivity index (χ2n) is 7.12. The fourth-order valence-electron chi connectivity index (χ4n) is 3.57. The Labute approximate surface area is 178 Å². The molecule has 164 valence electrons. The van der Waals surface area contributed by atoms with E-state index in [0.29, 0.717) is 48.5 Å². The number of hydrogen-bond donors (Lipinski definition) is 1. The highest BCUT2D eigenvalue weighted by atomic mass is 32.2. The summed E-state index contributed by atoms with van der Waals surface area (Å²) in [7, 11) is -3.63. The van der Waals surface area contributed by atoms with Crippen LogP contribution in [-0.2, 0) is 21.3 Å². The van der Waals surface area contributed by atoms with Crippen molar-refractivity contribution in [2.75, 3.05) is 32.8 Å². The molecule has 1 aromatic heterocycles. The van der Waals surface area contributed by atoms with Gasteiger partial charge in [0.1, 0.15) is 11.6 Å². The first-order valence-electron chi connectivity index (χ1n) is 9.77. The van der Waals surface area contributed by atoms with Crippen LogP contribution >= 0.6 is 0 Å². The lowest BCUT2D eigenvalue weighted by Crippen LogP contribution is -2.40. The highest BCUT2D eigenvalue weighted by Gasteiger charge is 2.26. The number of hydrogen-bond acceptors (Lipinski definition) is 5. The Morgan fingerprint density at radius 1 is 1.19 bits per heavy atom. The predicted molar refractivity (Wildman–Crippen MR) is 113 cm³/mol. The van der Waals surface area contributed by atoms with E-state index >= 15 is 0 Å². The summed E-state index contributed by atoms with van der Waals surface area (Å²) in [5, 5.41) is 0. The Morgan fingerprint density at radius 3 is 2.58 bits per heavy atom. The highest BCUT2D eigenvalue weighted by Crippen LogP contribution is 2.30. The number of morpholine rings is 1. The van der Waals surface area contributed by atoms with E-state index in [1.807, 2.05) is 0 Å². The zero-order valence-corrected chi connectivity index (χ0v) is 17.5. The van der Waals surface area contributed by atoms with Crippen molar-refractivity contribution in [3.63, 3.8) is 0 Å². The van der Waals surface area contributed by atoms with Crippen molar-refractivity contribution < 1.29 is 21.9 Å². The number of nitrogens with zero attached hydrogens (tertiary/aromatic N) is 3. The molecule has 1 fully saturated rings. The lowest BCUT2D eigenvalue weighted by atomic mass is 10.0. The maximum Gasteiger partial charge on any atom is 0.243 e. The van der Waals surface area contributed by atoms with E-state index in [-0.39, 0.29) is 18.0 Å². The largest absolute Gasteiger partial charge is 0.379 e. The first kappa shape index (κ1) is 21.6. The van der Waals surface area contributed by atoms with Crippen LogP contribution < -0.4 is 5.73 Å². The molecule has 4 rings (SSSR count). The van der Waals surface area contributed by atoms with Gasteiger partial charge in [0.2, 0.25) is 10.0 Å². The van der Waals surface area contributed by atoms with Gasteiger partial charge in [-0.05, 0) is 35.9 Å². The van der Waals surface area contributed by atoms with Crippen molar-refractivity contribution in [1.29, 1.82) is 0 Å². The number of rotatable bonds is 6. The molecule has 10 heteroatoms. The molecule has 1 saturated heterocycles. The Morgan fingerprint density at radius 2 is 1.90 bits per heavy atom. The number of allylic oxidation sites excluding steroid dienone is 1. The molecule has 2 N–H and O–H groups in total. The minimum absolute atomic E-state index is 0.0672. The summed E-state index contributed by atoms with van der Waals surface area (Å²) in [6, 6.07) is 8.86. The highest BCUT2D eigenvalue weighted by molar-refractivity contribution is 7.89. The maximum atomic E-state index is 14.4. The monoisotopic (exact) mass is 448 g/mol. The molecular formula is C21H22F2N4O3S. The Balaban J connectivity index is 1.69. The topological polar surface area (TPSA) is 90.5 Å². The Bertz CT molecular complexity index is 1220. The average molecular weight is 448 g/mol. The van der Waals surface area contributed by atoms with Gasteiger partial charge in [0.05, 0.1) is 42.0 Å². The number of nitrogens with two attached hydrogens (primary N) is 1. The van der Waals surface area contributed by atoms with Crippen molar-refractivity contribution in [3.05, 3.63) is 60.4 Å². The summed E-state index contributed by atoms with van der Waals surface area (Å²) in [6.45, 7) is 1.30. The van der Waals surface area contributed by atoms with E-state index in [1.54, 1.807) is 12.1 Å². The normalized spacial score (nSPS) is 16.2. The summed E-state index contributed by atoms with van der Waals surface area (Å²) in [5.41, 5.74) is 7.35. The van der Waals surface area contributed by atoms with E-state index in [0.717, 1.165) is 0 Å². The third kappa shape index (κ3) is 4.38. The number of aromatic nitrogens is 2. The first-order chi connectivity index (χ1) is 14.9. The van der Waals surface area contributed by atoms with E-state index in [2.05, 4.69) is 4.98 Å². The average Bonchev–Trinajstić information content (AvgIpc) is 3.16. The molecule has 1 aliphatic rings.